The molecule has 10 nitrogen and oxygen atoms in total. The first-order valence-electron chi connectivity index (χ1n) is 9.77. The summed E-state index contributed by atoms with van der Waals surface area (Å²) in [5, 5.41) is 12.7. The molecule has 3 rings (SSSR count). The summed E-state index contributed by atoms with van der Waals surface area (Å²) in [4.78, 5) is 36.1. The third-order valence-electron chi connectivity index (χ3n) is 4.34. The molecule has 0 atom stereocenters. The van der Waals surface area contributed by atoms with Crippen LogP contribution in [0.1, 0.15) is 21.6 Å². The maximum absolute atomic E-state index is 12.1. The van der Waals surface area contributed by atoms with Crippen LogP contribution < -0.4 is 15.4 Å². The number of benzene rings is 2. The minimum absolute atomic E-state index is 0.0157. The minimum atomic E-state index is -0.784. The highest BCUT2D eigenvalue weighted by molar-refractivity contribution is 5.96. The number of hydrogen-bond acceptors (Lipinski definition) is 7. The molecular weight excluding hydrogens is 414 g/mol. The van der Waals surface area contributed by atoms with E-state index in [2.05, 4.69) is 20.9 Å². The average molecular weight is 437 g/mol. The first-order valence-corrected chi connectivity index (χ1v) is 9.77. The first kappa shape index (κ1) is 22.5. The summed E-state index contributed by atoms with van der Waals surface area (Å²) in [6, 6.07) is 14.9. The largest absolute Gasteiger partial charge is 0.495 e. The van der Waals surface area contributed by atoms with Gasteiger partial charge in [-0.1, -0.05) is 41.6 Å². The van der Waals surface area contributed by atoms with E-state index >= 15 is 0 Å². The number of carbonyl (C=O) groups excluding carboxylic acids is 3. The number of anilines is 1. The van der Waals surface area contributed by atoms with Gasteiger partial charge >= 0.3 is 5.97 Å². The molecule has 2 aromatic carbocycles. The molecule has 0 aliphatic rings. The van der Waals surface area contributed by atoms with Crippen LogP contribution >= 0.6 is 0 Å². The van der Waals surface area contributed by atoms with Crippen molar-refractivity contribution >= 4 is 23.5 Å². The number of nitrogens with one attached hydrogen (secondary N) is 2. The monoisotopic (exact) mass is 437 g/mol. The predicted octanol–water partition coefficient (Wildman–Crippen LogP) is 1.56. The molecule has 0 radical (unpaired) electrons. The lowest BCUT2D eigenvalue weighted by molar-refractivity contribution is -0.126. The Labute approximate surface area is 184 Å². The molecule has 1 heterocycles. The number of hydrogen-bond donors (Lipinski definition) is 2. The molecule has 0 spiro atoms. The summed E-state index contributed by atoms with van der Waals surface area (Å²) in [6.07, 6.45) is 1.44. The zero-order valence-corrected chi connectivity index (χ0v) is 17.7. The smallest absolute Gasteiger partial charge is 0.361 e. The van der Waals surface area contributed by atoms with Crippen molar-refractivity contribution in [2.45, 2.75) is 13.5 Å². The number of amides is 2. The zero-order chi connectivity index (χ0) is 22.9. The third-order valence-corrected chi connectivity index (χ3v) is 4.34. The second-order valence-corrected chi connectivity index (χ2v) is 6.89. The molecule has 0 saturated heterocycles. The molecule has 0 saturated carbocycles. The predicted molar refractivity (Wildman–Crippen MR) is 115 cm³/mol. The third kappa shape index (κ3) is 6.39. The summed E-state index contributed by atoms with van der Waals surface area (Å²) >= 11 is 0. The number of rotatable bonds is 9. The SMILES string of the molecule is COc1ccc(C)cc1NC(=O)CNC(=O)COC(=O)c1cn(Cc2ccccc2)nn1. The molecule has 0 bridgehead atoms. The number of ether oxygens (including phenoxy) is 2. The van der Waals surface area contributed by atoms with Crippen molar-refractivity contribution in [3.05, 3.63) is 71.5 Å². The Balaban J connectivity index is 1.42. The van der Waals surface area contributed by atoms with Crippen molar-refractivity contribution < 1.29 is 23.9 Å². The van der Waals surface area contributed by atoms with Crippen molar-refractivity contribution in [1.82, 2.24) is 20.3 Å². The molecule has 0 aliphatic heterocycles. The summed E-state index contributed by atoms with van der Waals surface area (Å²) < 4.78 is 11.6. The molecule has 2 N–H and O–H groups in total. The maximum Gasteiger partial charge on any atom is 0.361 e. The quantitative estimate of drug-likeness (QED) is 0.487. The summed E-state index contributed by atoms with van der Waals surface area (Å²) in [5.41, 5.74) is 2.42. The Kier molecular flexibility index (Phi) is 7.52. The topological polar surface area (TPSA) is 124 Å². The zero-order valence-electron chi connectivity index (χ0n) is 17.7. The van der Waals surface area contributed by atoms with Gasteiger partial charge in [0, 0.05) is 0 Å². The molecule has 166 valence electrons. The fourth-order valence-corrected chi connectivity index (χ4v) is 2.79. The van der Waals surface area contributed by atoms with Gasteiger partial charge in [-0.25, -0.2) is 9.48 Å². The second-order valence-electron chi connectivity index (χ2n) is 6.89. The van der Waals surface area contributed by atoms with Gasteiger partial charge in [-0.15, -0.1) is 5.10 Å². The van der Waals surface area contributed by atoms with E-state index in [-0.39, 0.29) is 12.2 Å². The lowest BCUT2D eigenvalue weighted by atomic mass is 10.2. The van der Waals surface area contributed by atoms with Gasteiger partial charge in [0.1, 0.15) is 5.75 Å². The maximum atomic E-state index is 12.1. The van der Waals surface area contributed by atoms with E-state index in [4.69, 9.17) is 9.47 Å². The fourth-order valence-electron chi connectivity index (χ4n) is 2.79. The molecule has 0 unspecified atom stereocenters. The lowest BCUT2D eigenvalue weighted by Crippen LogP contribution is -2.35. The van der Waals surface area contributed by atoms with Gasteiger partial charge in [0.2, 0.25) is 5.91 Å². The van der Waals surface area contributed by atoms with Gasteiger partial charge < -0.3 is 20.1 Å². The molecule has 10 heteroatoms. The van der Waals surface area contributed by atoms with E-state index in [9.17, 15) is 14.4 Å². The molecule has 1 aromatic heterocycles. The van der Waals surface area contributed by atoms with Crippen LogP contribution in [0.15, 0.2) is 54.7 Å². The van der Waals surface area contributed by atoms with Gasteiger partial charge in [0.05, 0.1) is 32.1 Å². The standard InChI is InChI=1S/C22H23N5O5/c1-15-8-9-19(31-2)17(10-15)24-20(28)11-23-21(29)14-32-22(30)18-13-27(26-25-18)12-16-6-4-3-5-7-16/h3-10,13H,11-12,14H2,1-2H3,(H,23,29)(H,24,28). The highest BCUT2D eigenvalue weighted by Crippen LogP contribution is 2.24. The number of nitrogens with zero attached hydrogens (tertiary/aromatic N) is 3. The fraction of sp³-hybridized carbons (Fsp3) is 0.227. The number of carbonyl (C=O) groups is 3. The van der Waals surface area contributed by atoms with E-state index in [0.717, 1.165) is 11.1 Å². The highest BCUT2D eigenvalue weighted by atomic mass is 16.5. The molecule has 32 heavy (non-hydrogen) atoms. The number of aryl methyl sites for hydroxylation is 1. The number of esters is 1. The van der Waals surface area contributed by atoms with E-state index < -0.39 is 24.4 Å². The van der Waals surface area contributed by atoms with Crippen molar-refractivity contribution in [1.29, 1.82) is 0 Å². The van der Waals surface area contributed by atoms with E-state index in [0.29, 0.717) is 18.0 Å². The number of methoxy groups -OCH3 is 1. The van der Waals surface area contributed by atoms with Crippen molar-refractivity contribution in [3.63, 3.8) is 0 Å². The second kappa shape index (κ2) is 10.7. The number of aromatic nitrogens is 3. The Morgan fingerprint density at radius 3 is 2.59 bits per heavy atom. The van der Waals surface area contributed by atoms with Crippen molar-refractivity contribution in [3.8, 4) is 5.75 Å². The van der Waals surface area contributed by atoms with Crippen LogP contribution in [0.25, 0.3) is 0 Å². The van der Waals surface area contributed by atoms with Gasteiger partial charge in [-0.2, -0.15) is 0 Å². The van der Waals surface area contributed by atoms with E-state index in [1.165, 1.54) is 18.0 Å². The first-order chi connectivity index (χ1) is 15.4. The van der Waals surface area contributed by atoms with Crippen molar-refractivity contribution in [2.24, 2.45) is 0 Å². The summed E-state index contributed by atoms with van der Waals surface area (Å²) in [5.74, 6) is -1.35. The van der Waals surface area contributed by atoms with Gasteiger partial charge in [0.25, 0.3) is 5.91 Å². The average Bonchev–Trinajstić information content (AvgIpc) is 3.25. The van der Waals surface area contributed by atoms with Crippen LogP contribution in [0.5, 0.6) is 5.75 Å². The Morgan fingerprint density at radius 1 is 1.06 bits per heavy atom. The molecule has 3 aromatic rings. The van der Waals surface area contributed by atoms with E-state index in [1.807, 2.05) is 43.3 Å². The van der Waals surface area contributed by atoms with Crippen LogP contribution in [-0.2, 0) is 20.9 Å². The normalized spacial score (nSPS) is 10.3. The molecule has 0 aliphatic carbocycles. The van der Waals surface area contributed by atoms with Crippen LogP contribution in [0.3, 0.4) is 0 Å². The molecular formula is C22H23N5O5. The van der Waals surface area contributed by atoms with Crippen molar-refractivity contribution in [2.75, 3.05) is 25.6 Å². The summed E-state index contributed by atoms with van der Waals surface area (Å²) in [6.45, 7) is 1.49. The minimum Gasteiger partial charge on any atom is -0.495 e. The van der Waals surface area contributed by atoms with Gasteiger partial charge in [-0.3, -0.25) is 9.59 Å². The van der Waals surface area contributed by atoms with Crippen LogP contribution in [-0.4, -0.2) is 53.0 Å². The van der Waals surface area contributed by atoms with Crippen LogP contribution in [0, 0.1) is 6.92 Å². The van der Waals surface area contributed by atoms with Gasteiger partial charge in [0.15, 0.2) is 12.3 Å². The van der Waals surface area contributed by atoms with E-state index in [1.54, 1.807) is 12.1 Å². The lowest BCUT2D eigenvalue weighted by Gasteiger charge is -2.11. The van der Waals surface area contributed by atoms with Crippen LogP contribution in [0.2, 0.25) is 0 Å². The Morgan fingerprint density at radius 2 is 1.84 bits per heavy atom. The van der Waals surface area contributed by atoms with Gasteiger partial charge in [-0.05, 0) is 30.2 Å². The molecule has 0 fully saturated rings. The Hall–Kier alpha value is -4.21. The Bertz CT molecular complexity index is 1100. The highest BCUT2D eigenvalue weighted by Gasteiger charge is 2.15. The molecule has 2 amide bonds. The van der Waals surface area contributed by atoms with Crippen LogP contribution in [0.4, 0.5) is 5.69 Å². The summed E-state index contributed by atoms with van der Waals surface area (Å²) in [7, 11) is 1.50.